The molecule has 0 spiro atoms. The van der Waals surface area contributed by atoms with E-state index in [1.807, 2.05) is 33.0 Å². The number of hydrogen-bond acceptors (Lipinski definition) is 2. The molecule has 0 amide bonds. The Labute approximate surface area is 85.3 Å². The molecule has 0 atom stereocenters. The molecule has 0 aliphatic heterocycles. The molecule has 0 unspecified atom stereocenters. The Balaban J connectivity index is 0.000000791. The number of hydrogen-bond donors (Lipinski definition) is 0. The maximum Gasteiger partial charge on any atom is 0.250 e. The second kappa shape index (κ2) is 7.33. The van der Waals surface area contributed by atoms with Gasteiger partial charge in [-0.3, -0.25) is 4.79 Å². The van der Waals surface area contributed by atoms with Gasteiger partial charge in [0, 0.05) is 25.9 Å². The first-order valence-corrected chi connectivity index (χ1v) is 4.90. The van der Waals surface area contributed by atoms with Crippen molar-refractivity contribution in [2.24, 2.45) is 0 Å². The molecule has 1 aromatic rings. The highest BCUT2D eigenvalue weighted by atomic mass is 16.5. The molecule has 3 heteroatoms. The molecule has 0 aliphatic rings. The van der Waals surface area contributed by atoms with Gasteiger partial charge in [-0.25, -0.2) is 0 Å². The van der Waals surface area contributed by atoms with E-state index in [1.165, 1.54) is 0 Å². The highest BCUT2D eigenvalue weighted by Gasteiger charge is 1.94. The molecule has 1 aromatic heterocycles. The summed E-state index contributed by atoms with van der Waals surface area (Å²) in [5.41, 5.74) is 1.11. The van der Waals surface area contributed by atoms with Crippen LogP contribution in [0.1, 0.15) is 19.4 Å². The van der Waals surface area contributed by atoms with Crippen LogP contribution in [0.4, 0.5) is 0 Å². The van der Waals surface area contributed by atoms with Crippen molar-refractivity contribution >= 4 is 0 Å². The summed E-state index contributed by atoms with van der Waals surface area (Å²) >= 11 is 0. The van der Waals surface area contributed by atoms with Crippen LogP contribution < -0.4 is 5.56 Å². The predicted octanol–water partition coefficient (Wildman–Crippen LogP) is 1.83. The average molecular weight is 197 g/mol. The first-order valence-electron chi connectivity index (χ1n) is 4.90. The Bertz CT molecular complexity index is 304. The molecule has 0 fully saturated rings. The van der Waals surface area contributed by atoms with Gasteiger partial charge in [0.25, 0.3) is 5.56 Å². The predicted molar refractivity (Wildman–Crippen MR) is 58.7 cm³/mol. The Morgan fingerprint density at radius 3 is 2.57 bits per heavy atom. The summed E-state index contributed by atoms with van der Waals surface area (Å²) in [5, 5.41) is 0. The number of pyridine rings is 1. The molecule has 0 saturated carbocycles. The van der Waals surface area contributed by atoms with E-state index in [-0.39, 0.29) is 5.56 Å². The summed E-state index contributed by atoms with van der Waals surface area (Å²) in [6, 6.07) is 3.39. The van der Waals surface area contributed by atoms with Crippen molar-refractivity contribution in [3.8, 4) is 0 Å². The molecule has 80 valence electrons. The summed E-state index contributed by atoms with van der Waals surface area (Å²) in [6.07, 6.45) is 1.83. The highest BCUT2D eigenvalue weighted by Crippen LogP contribution is 1.91. The molecule has 0 radical (unpaired) electrons. The van der Waals surface area contributed by atoms with Crippen molar-refractivity contribution in [3.63, 3.8) is 0 Å². The van der Waals surface area contributed by atoms with Crippen LogP contribution >= 0.6 is 0 Å². The fraction of sp³-hybridized carbons (Fsp3) is 0.545. The Kier molecular flexibility index (Phi) is 6.76. The minimum Gasteiger partial charge on any atom is -0.383 e. The Hall–Kier alpha value is -1.09. The zero-order chi connectivity index (χ0) is 11.0. The molecule has 14 heavy (non-hydrogen) atoms. The van der Waals surface area contributed by atoms with Crippen LogP contribution in [0, 0.1) is 6.92 Å². The number of aryl methyl sites for hydroxylation is 1. The van der Waals surface area contributed by atoms with Gasteiger partial charge in [-0.2, -0.15) is 0 Å². The van der Waals surface area contributed by atoms with Crippen LogP contribution in [0.25, 0.3) is 0 Å². The lowest BCUT2D eigenvalue weighted by molar-refractivity contribution is 0.186. The monoisotopic (exact) mass is 197 g/mol. The minimum atomic E-state index is 0.0256. The third-order valence-corrected chi connectivity index (χ3v) is 1.67. The van der Waals surface area contributed by atoms with Crippen LogP contribution in [0.3, 0.4) is 0 Å². The lowest BCUT2D eigenvalue weighted by Gasteiger charge is -2.04. The second-order valence-corrected chi connectivity index (χ2v) is 2.73. The van der Waals surface area contributed by atoms with Gasteiger partial charge >= 0.3 is 0 Å². The number of rotatable bonds is 3. The molecule has 0 bridgehead atoms. The van der Waals surface area contributed by atoms with Gasteiger partial charge in [-0.1, -0.05) is 19.9 Å². The zero-order valence-electron chi connectivity index (χ0n) is 9.41. The quantitative estimate of drug-likeness (QED) is 0.740. The molecule has 1 rings (SSSR count). The normalized spacial score (nSPS) is 9.14. The van der Waals surface area contributed by atoms with Crippen LogP contribution in [-0.2, 0) is 11.3 Å². The summed E-state index contributed by atoms with van der Waals surface area (Å²) in [4.78, 5) is 11.2. The topological polar surface area (TPSA) is 31.2 Å². The highest BCUT2D eigenvalue weighted by molar-refractivity contribution is 5.06. The third-order valence-electron chi connectivity index (χ3n) is 1.67. The molecule has 1 heterocycles. The van der Waals surface area contributed by atoms with E-state index in [0.29, 0.717) is 13.2 Å². The molecule has 0 aliphatic carbocycles. The van der Waals surface area contributed by atoms with Gasteiger partial charge in [0.05, 0.1) is 6.61 Å². The maximum atomic E-state index is 11.2. The summed E-state index contributed by atoms with van der Waals surface area (Å²) in [7, 11) is 1.63. The first kappa shape index (κ1) is 12.9. The van der Waals surface area contributed by atoms with E-state index in [2.05, 4.69) is 0 Å². The summed E-state index contributed by atoms with van der Waals surface area (Å²) in [6.45, 7) is 7.16. The van der Waals surface area contributed by atoms with Crippen molar-refractivity contribution < 1.29 is 4.74 Å². The number of methoxy groups -OCH3 is 1. The minimum absolute atomic E-state index is 0.0256. The fourth-order valence-electron chi connectivity index (χ4n) is 1.02. The van der Waals surface area contributed by atoms with Crippen molar-refractivity contribution in [2.45, 2.75) is 27.3 Å². The number of nitrogens with zero attached hydrogens (tertiary/aromatic N) is 1. The molecule has 3 nitrogen and oxygen atoms in total. The number of aromatic nitrogens is 1. The van der Waals surface area contributed by atoms with Gasteiger partial charge in [0.2, 0.25) is 0 Å². The summed E-state index contributed by atoms with van der Waals surface area (Å²) < 4.78 is 6.53. The zero-order valence-corrected chi connectivity index (χ0v) is 9.41. The first-order chi connectivity index (χ1) is 6.74. The third kappa shape index (κ3) is 4.23. The van der Waals surface area contributed by atoms with Gasteiger partial charge < -0.3 is 9.30 Å². The van der Waals surface area contributed by atoms with Crippen LogP contribution in [-0.4, -0.2) is 18.3 Å². The standard InChI is InChI=1S/C9H13NO2.C2H6/c1-8-3-4-9(11)10(7-8)5-6-12-2;1-2/h3-4,7H,5-6H2,1-2H3;1-2H3. The second-order valence-electron chi connectivity index (χ2n) is 2.73. The Morgan fingerprint density at radius 2 is 2.00 bits per heavy atom. The van der Waals surface area contributed by atoms with Crippen molar-refractivity contribution in [1.82, 2.24) is 4.57 Å². The van der Waals surface area contributed by atoms with Gasteiger partial charge in [-0.05, 0) is 12.5 Å². The maximum absolute atomic E-state index is 11.2. The largest absolute Gasteiger partial charge is 0.383 e. The smallest absolute Gasteiger partial charge is 0.250 e. The molecule has 0 saturated heterocycles. The SMILES string of the molecule is CC.COCCn1cc(C)ccc1=O. The van der Waals surface area contributed by atoms with Crippen LogP contribution in [0.15, 0.2) is 23.1 Å². The van der Waals surface area contributed by atoms with E-state index >= 15 is 0 Å². The fourth-order valence-corrected chi connectivity index (χ4v) is 1.02. The molecular formula is C11H19NO2. The van der Waals surface area contributed by atoms with E-state index in [1.54, 1.807) is 17.7 Å². The van der Waals surface area contributed by atoms with E-state index in [0.717, 1.165) is 5.56 Å². The lowest BCUT2D eigenvalue weighted by atomic mass is 10.3. The average Bonchev–Trinajstić information content (AvgIpc) is 2.22. The van der Waals surface area contributed by atoms with Crippen LogP contribution in [0.5, 0.6) is 0 Å². The van der Waals surface area contributed by atoms with Crippen LogP contribution in [0.2, 0.25) is 0 Å². The lowest BCUT2D eigenvalue weighted by Crippen LogP contribution is -2.20. The van der Waals surface area contributed by atoms with Crippen molar-refractivity contribution in [2.75, 3.05) is 13.7 Å². The van der Waals surface area contributed by atoms with Gasteiger partial charge in [0.15, 0.2) is 0 Å². The van der Waals surface area contributed by atoms with E-state index in [4.69, 9.17) is 4.74 Å². The van der Waals surface area contributed by atoms with Gasteiger partial charge in [0.1, 0.15) is 0 Å². The molecular weight excluding hydrogens is 178 g/mol. The van der Waals surface area contributed by atoms with Gasteiger partial charge in [-0.15, -0.1) is 0 Å². The van der Waals surface area contributed by atoms with E-state index < -0.39 is 0 Å². The summed E-state index contributed by atoms with van der Waals surface area (Å²) in [5.74, 6) is 0. The molecule has 0 aromatic carbocycles. The number of ether oxygens (including phenoxy) is 1. The molecule has 0 N–H and O–H groups in total. The van der Waals surface area contributed by atoms with Crippen molar-refractivity contribution in [1.29, 1.82) is 0 Å². The van der Waals surface area contributed by atoms with E-state index in [9.17, 15) is 4.79 Å². The van der Waals surface area contributed by atoms with Crippen molar-refractivity contribution in [3.05, 3.63) is 34.2 Å². The Morgan fingerprint density at radius 1 is 1.36 bits per heavy atom.